The van der Waals surface area contributed by atoms with E-state index in [-0.39, 0.29) is 11.1 Å². The molecule has 4 heteroatoms. The van der Waals surface area contributed by atoms with Gasteiger partial charge in [-0.2, -0.15) is 0 Å². The molecule has 0 amide bonds. The molecule has 0 aliphatic carbocycles. The molecule has 0 radical (unpaired) electrons. The van der Waals surface area contributed by atoms with Gasteiger partial charge in [0.15, 0.2) is 0 Å². The molecule has 27 heavy (non-hydrogen) atoms. The Labute approximate surface area is 160 Å². The summed E-state index contributed by atoms with van der Waals surface area (Å²) in [7, 11) is 0. The Kier molecular flexibility index (Phi) is 7.59. The van der Waals surface area contributed by atoms with Gasteiger partial charge in [0.1, 0.15) is 0 Å². The maximum absolute atomic E-state index is 11.9. The summed E-state index contributed by atoms with van der Waals surface area (Å²) in [5, 5.41) is 19.1. The molecule has 0 fully saturated rings. The van der Waals surface area contributed by atoms with Gasteiger partial charge in [-0.1, -0.05) is 69.5 Å². The van der Waals surface area contributed by atoms with Crippen molar-refractivity contribution in [3.05, 3.63) is 70.3 Å². The predicted octanol–water partition coefficient (Wildman–Crippen LogP) is 5.43. The van der Waals surface area contributed by atoms with E-state index in [4.69, 9.17) is 0 Å². The molecule has 2 N–H and O–H groups in total. The molecular formula is C23H28O4. The van der Waals surface area contributed by atoms with Crippen LogP contribution in [0.15, 0.2) is 42.5 Å². The van der Waals surface area contributed by atoms with Gasteiger partial charge in [0.05, 0.1) is 11.1 Å². The van der Waals surface area contributed by atoms with Gasteiger partial charge < -0.3 is 10.2 Å². The number of aromatic carboxylic acids is 2. The summed E-state index contributed by atoms with van der Waals surface area (Å²) >= 11 is 0. The van der Waals surface area contributed by atoms with Crippen LogP contribution in [0.3, 0.4) is 0 Å². The van der Waals surface area contributed by atoms with Crippen LogP contribution in [0, 0.1) is 5.92 Å². The van der Waals surface area contributed by atoms with Crippen molar-refractivity contribution >= 4 is 11.9 Å². The molecule has 0 saturated heterocycles. The lowest BCUT2D eigenvalue weighted by atomic mass is 9.89. The van der Waals surface area contributed by atoms with Crippen molar-refractivity contribution in [1.82, 2.24) is 0 Å². The maximum Gasteiger partial charge on any atom is 0.336 e. The molecule has 0 heterocycles. The van der Waals surface area contributed by atoms with Crippen LogP contribution in [0.4, 0.5) is 0 Å². The fourth-order valence-corrected chi connectivity index (χ4v) is 3.39. The molecule has 4 nitrogen and oxygen atoms in total. The highest BCUT2D eigenvalue weighted by molar-refractivity contribution is 6.03. The van der Waals surface area contributed by atoms with E-state index in [2.05, 4.69) is 13.8 Å². The number of carboxylic acids is 2. The molecule has 2 aromatic carbocycles. The molecule has 2 aromatic rings. The summed E-state index contributed by atoms with van der Waals surface area (Å²) in [4.78, 5) is 23.4. The van der Waals surface area contributed by atoms with Gasteiger partial charge in [-0.15, -0.1) is 0 Å². The molecule has 0 saturated carbocycles. The Hall–Kier alpha value is -2.62. The first-order chi connectivity index (χ1) is 12.9. The SMILES string of the molecule is CC(C)CCCCCc1ccc(C(=O)O)c(C(=O)O)c1Cc1ccccc1. The third-order valence-electron chi connectivity index (χ3n) is 4.81. The van der Waals surface area contributed by atoms with Crippen LogP contribution in [0.5, 0.6) is 0 Å². The van der Waals surface area contributed by atoms with Gasteiger partial charge >= 0.3 is 11.9 Å². The first-order valence-corrected chi connectivity index (χ1v) is 9.55. The van der Waals surface area contributed by atoms with Crippen LogP contribution in [0.2, 0.25) is 0 Å². The summed E-state index contributed by atoms with van der Waals surface area (Å²) in [5.41, 5.74) is 2.31. The minimum absolute atomic E-state index is 0.0777. The lowest BCUT2D eigenvalue weighted by molar-refractivity contribution is 0.0650. The topological polar surface area (TPSA) is 74.6 Å². The monoisotopic (exact) mass is 368 g/mol. The first kappa shape index (κ1) is 20.7. The third kappa shape index (κ3) is 5.95. The largest absolute Gasteiger partial charge is 0.478 e. The van der Waals surface area contributed by atoms with Gasteiger partial charge in [0.25, 0.3) is 0 Å². The van der Waals surface area contributed by atoms with Gasteiger partial charge in [0, 0.05) is 0 Å². The fourth-order valence-electron chi connectivity index (χ4n) is 3.39. The molecule has 0 aliphatic rings. The molecule has 0 spiro atoms. The first-order valence-electron chi connectivity index (χ1n) is 9.55. The maximum atomic E-state index is 11.9. The highest BCUT2D eigenvalue weighted by Gasteiger charge is 2.22. The lowest BCUT2D eigenvalue weighted by Crippen LogP contribution is -2.14. The van der Waals surface area contributed by atoms with Gasteiger partial charge in [-0.3, -0.25) is 0 Å². The number of hydrogen-bond donors (Lipinski definition) is 2. The minimum Gasteiger partial charge on any atom is -0.478 e. The Bertz CT molecular complexity index is 778. The molecule has 0 bridgehead atoms. The van der Waals surface area contributed by atoms with Crippen LogP contribution in [-0.4, -0.2) is 22.2 Å². The average molecular weight is 368 g/mol. The van der Waals surface area contributed by atoms with Crippen LogP contribution >= 0.6 is 0 Å². The van der Waals surface area contributed by atoms with Crippen molar-refractivity contribution in [1.29, 1.82) is 0 Å². The van der Waals surface area contributed by atoms with Gasteiger partial charge in [-0.25, -0.2) is 9.59 Å². The van der Waals surface area contributed by atoms with Gasteiger partial charge in [0.2, 0.25) is 0 Å². The summed E-state index contributed by atoms with van der Waals surface area (Å²) in [6, 6.07) is 12.8. The number of carboxylic acid groups (broad SMARTS) is 2. The van der Waals surface area contributed by atoms with E-state index in [1.807, 2.05) is 30.3 Å². The van der Waals surface area contributed by atoms with Crippen LogP contribution in [0.1, 0.15) is 76.9 Å². The van der Waals surface area contributed by atoms with E-state index in [9.17, 15) is 19.8 Å². The Morgan fingerprint density at radius 1 is 0.889 bits per heavy atom. The van der Waals surface area contributed by atoms with E-state index in [1.54, 1.807) is 6.07 Å². The number of hydrogen-bond acceptors (Lipinski definition) is 2. The van der Waals surface area contributed by atoms with Crippen molar-refractivity contribution in [2.24, 2.45) is 5.92 Å². The number of unbranched alkanes of at least 4 members (excludes halogenated alkanes) is 2. The van der Waals surface area contributed by atoms with E-state index in [0.29, 0.717) is 17.9 Å². The minimum atomic E-state index is -1.20. The van der Waals surface area contributed by atoms with E-state index in [0.717, 1.165) is 36.8 Å². The second kappa shape index (κ2) is 9.91. The molecular weight excluding hydrogens is 340 g/mol. The number of rotatable bonds is 10. The molecule has 0 aromatic heterocycles. The molecule has 0 unspecified atom stereocenters. The van der Waals surface area contributed by atoms with E-state index in [1.165, 1.54) is 12.5 Å². The zero-order chi connectivity index (χ0) is 19.8. The van der Waals surface area contributed by atoms with Crippen LogP contribution in [0.25, 0.3) is 0 Å². The van der Waals surface area contributed by atoms with E-state index >= 15 is 0 Å². The van der Waals surface area contributed by atoms with Gasteiger partial charge in [-0.05, 0) is 47.9 Å². The number of aryl methyl sites for hydroxylation is 1. The summed E-state index contributed by atoms with van der Waals surface area (Å²) < 4.78 is 0. The smallest absolute Gasteiger partial charge is 0.336 e. The van der Waals surface area contributed by atoms with Crippen molar-refractivity contribution < 1.29 is 19.8 Å². The third-order valence-corrected chi connectivity index (χ3v) is 4.81. The molecule has 0 aliphatic heterocycles. The number of carbonyl (C=O) groups is 2. The molecule has 0 atom stereocenters. The standard InChI is InChI=1S/C23H28O4/c1-16(2)9-5-3-8-12-18-13-14-19(22(24)25)21(23(26)27)20(18)15-17-10-6-4-7-11-17/h4,6-7,10-11,13-14,16H,3,5,8-9,12,15H2,1-2H3,(H,24,25)(H,26,27). The van der Waals surface area contributed by atoms with E-state index < -0.39 is 11.9 Å². The molecule has 2 rings (SSSR count). The molecule has 144 valence electrons. The fraction of sp³-hybridized carbons (Fsp3) is 0.391. The van der Waals surface area contributed by atoms with Crippen molar-refractivity contribution in [3.63, 3.8) is 0 Å². The average Bonchev–Trinajstić information content (AvgIpc) is 2.62. The van der Waals surface area contributed by atoms with Crippen LogP contribution < -0.4 is 0 Å². The van der Waals surface area contributed by atoms with Crippen molar-refractivity contribution in [2.75, 3.05) is 0 Å². The van der Waals surface area contributed by atoms with Crippen molar-refractivity contribution in [2.45, 2.75) is 52.4 Å². The highest BCUT2D eigenvalue weighted by atomic mass is 16.4. The highest BCUT2D eigenvalue weighted by Crippen LogP contribution is 2.25. The summed E-state index contributed by atoms with van der Waals surface area (Å²) in [6.07, 6.45) is 5.59. The normalized spacial score (nSPS) is 10.9. The Morgan fingerprint density at radius 3 is 2.19 bits per heavy atom. The zero-order valence-electron chi connectivity index (χ0n) is 16.1. The second-order valence-corrected chi connectivity index (χ2v) is 7.39. The summed E-state index contributed by atoms with van der Waals surface area (Å²) in [6.45, 7) is 4.42. The quantitative estimate of drug-likeness (QED) is 0.548. The summed E-state index contributed by atoms with van der Waals surface area (Å²) in [5.74, 6) is -1.70. The Morgan fingerprint density at radius 2 is 1.59 bits per heavy atom. The second-order valence-electron chi connectivity index (χ2n) is 7.39. The van der Waals surface area contributed by atoms with Crippen LogP contribution in [-0.2, 0) is 12.8 Å². The number of benzene rings is 2. The zero-order valence-corrected chi connectivity index (χ0v) is 16.1. The predicted molar refractivity (Wildman–Crippen MR) is 107 cm³/mol. The van der Waals surface area contributed by atoms with Crippen molar-refractivity contribution in [3.8, 4) is 0 Å². The lowest BCUT2D eigenvalue weighted by Gasteiger charge is -2.15. The Balaban J connectivity index is 2.32.